The highest BCUT2D eigenvalue weighted by atomic mass is 16.7. The van der Waals surface area contributed by atoms with Gasteiger partial charge in [0.25, 0.3) is 11.8 Å². The molecule has 1 aliphatic heterocycles. The Labute approximate surface area is 192 Å². The molecule has 1 atom stereocenters. The van der Waals surface area contributed by atoms with Gasteiger partial charge in [-0.25, -0.2) is 4.84 Å². The molecule has 1 heterocycles. The first-order valence-electron chi connectivity index (χ1n) is 10.5. The number of hydrogen-bond acceptors (Lipinski definition) is 6. The lowest BCUT2D eigenvalue weighted by molar-refractivity contribution is -0.114. The minimum absolute atomic E-state index is 0.126. The number of nitrogens with zero attached hydrogens (tertiary/aromatic N) is 2. The van der Waals surface area contributed by atoms with Crippen LogP contribution in [0.3, 0.4) is 0 Å². The van der Waals surface area contributed by atoms with Gasteiger partial charge in [-0.15, -0.1) is 5.06 Å². The number of ketones is 1. The van der Waals surface area contributed by atoms with Gasteiger partial charge in [-0.1, -0.05) is 29.8 Å². The van der Waals surface area contributed by atoms with Gasteiger partial charge < -0.3 is 9.64 Å². The summed E-state index contributed by atoms with van der Waals surface area (Å²) >= 11 is 0. The molecule has 1 aliphatic rings. The highest BCUT2D eigenvalue weighted by Gasteiger charge is 2.39. The standard InChI is InChI=1S/C26H24N2O5/c1-17-8-12-19(13-9-17)27(2)16-23(24(29)18-10-14-20(32-3)15-11-18)33-28-25(30)21-6-4-5-7-22(21)26(28)31/h4-15,23H,16H2,1-3H3. The van der Waals surface area contributed by atoms with Crippen molar-refractivity contribution in [2.45, 2.75) is 13.0 Å². The summed E-state index contributed by atoms with van der Waals surface area (Å²) in [6.45, 7) is 2.12. The van der Waals surface area contributed by atoms with E-state index in [1.807, 2.05) is 43.1 Å². The number of hydroxylamine groups is 2. The van der Waals surface area contributed by atoms with E-state index >= 15 is 0 Å². The van der Waals surface area contributed by atoms with Crippen molar-refractivity contribution in [2.24, 2.45) is 0 Å². The fourth-order valence-electron chi connectivity index (χ4n) is 3.65. The number of carbonyl (C=O) groups excluding carboxylic acids is 3. The topological polar surface area (TPSA) is 76.2 Å². The van der Waals surface area contributed by atoms with Crippen LogP contribution >= 0.6 is 0 Å². The first-order valence-corrected chi connectivity index (χ1v) is 10.5. The van der Waals surface area contributed by atoms with Crippen molar-refractivity contribution in [3.05, 3.63) is 95.1 Å². The molecule has 0 saturated heterocycles. The first-order chi connectivity index (χ1) is 15.9. The molecular formula is C26H24N2O5. The molecule has 3 aromatic carbocycles. The van der Waals surface area contributed by atoms with E-state index in [1.165, 1.54) is 0 Å². The third kappa shape index (κ3) is 4.49. The van der Waals surface area contributed by atoms with Crippen molar-refractivity contribution in [3.63, 3.8) is 0 Å². The first kappa shape index (κ1) is 22.2. The number of carbonyl (C=O) groups is 3. The second-order valence-corrected chi connectivity index (χ2v) is 7.85. The summed E-state index contributed by atoms with van der Waals surface area (Å²) in [6.07, 6.45) is -1.10. The van der Waals surface area contributed by atoms with Gasteiger partial charge in [-0.05, 0) is 55.5 Å². The third-order valence-corrected chi connectivity index (χ3v) is 5.57. The molecular weight excluding hydrogens is 420 g/mol. The van der Waals surface area contributed by atoms with Crippen LogP contribution in [0.2, 0.25) is 0 Å². The molecule has 33 heavy (non-hydrogen) atoms. The van der Waals surface area contributed by atoms with E-state index in [4.69, 9.17) is 9.57 Å². The highest BCUT2D eigenvalue weighted by molar-refractivity contribution is 6.20. The molecule has 2 amide bonds. The number of likely N-dealkylation sites (N-methyl/N-ethyl adjacent to an activating group) is 1. The number of benzene rings is 3. The maximum Gasteiger partial charge on any atom is 0.285 e. The number of hydrogen-bond donors (Lipinski definition) is 0. The maximum absolute atomic E-state index is 13.4. The number of rotatable bonds is 8. The predicted molar refractivity (Wildman–Crippen MR) is 124 cm³/mol. The van der Waals surface area contributed by atoms with Gasteiger partial charge in [0.15, 0.2) is 11.9 Å². The normalized spacial score (nSPS) is 13.6. The number of anilines is 1. The largest absolute Gasteiger partial charge is 0.497 e. The van der Waals surface area contributed by atoms with Crippen LogP contribution in [0, 0.1) is 6.92 Å². The Morgan fingerprint density at radius 3 is 2.03 bits per heavy atom. The van der Waals surface area contributed by atoms with Gasteiger partial charge in [0.2, 0.25) is 0 Å². The molecule has 7 nitrogen and oxygen atoms in total. The van der Waals surface area contributed by atoms with Crippen molar-refractivity contribution < 1.29 is 24.0 Å². The number of aryl methyl sites for hydroxylation is 1. The fourth-order valence-corrected chi connectivity index (χ4v) is 3.65. The van der Waals surface area contributed by atoms with E-state index in [1.54, 1.807) is 55.6 Å². The van der Waals surface area contributed by atoms with E-state index in [-0.39, 0.29) is 23.5 Å². The van der Waals surface area contributed by atoms with Crippen LogP contribution in [0.4, 0.5) is 5.69 Å². The molecule has 1 unspecified atom stereocenters. The zero-order chi connectivity index (χ0) is 23.5. The lowest BCUT2D eigenvalue weighted by Crippen LogP contribution is -2.44. The SMILES string of the molecule is COc1ccc(C(=O)C(CN(C)c2ccc(C)cc2)ON2C(=O)c3ccccc3C2=O)cc1. The summed E-state index contributed by atoms with van der Waals surface area (Å²) in [6, 6.07) is 20.9. The molecule has 0 bridgehead atoms. The molecule has 7 heteroatoms. The van der Waals surface area contributed by atoms with Crippen molar-refractivity contribution in [1.29, 1.82) is 0 Å². The van der Waals surface area contributed by atoms with Gasteiger partial charge in [0, 0.05) is 18.3 Å². The molecule has 3 aromatic rings. The second kappa shape index (κ2) is 9.26. The summed E-state index contributed by atoms with van der Waals surface area (Å²) in [5.41, 5.74) is 2.88. The molecule has 168 valence electrons. The van der Waals surface area contributed by atoms with E-state index < -0.39 is 17.9 Å². The molecule has 0 aliphatic carbocycles. The summed E-state index contributed by atoms with van der Waals surface area (Å²) in [7, 11) is 3.37. The zero-order valence-electron chi connectivity index (χ0n) is 18.6. The van der Waals surface area contributed by atoms with Crippen LogP contribution in [-0.4, -0.2) is 49.5 Å². The molecule has 0 aromatic heterocycles. The highest BCUT2D eigenvalue weighted by Crippen LogP contribution is 2.25. The van der Waals surface area contributed by atoms with Crippen LogP contribution in [0.5, 0.6) is 5.75 Å². The van der Waals surface area contributed by atoms with Gasteiger partial charge in [0.1, 0.15) is 5.75 Å². The number of amides is 2. The number of methoxy groups -OCH3 is 1. The fraction of sp³-hybridized carbons (Fsp3) is 0.192. The Bertz CT molecular complexity index is 1150. The number of ether oxygens (including phenoxy) is 1. The van der Waals surface area contributed by atoms with Crippen LogP contribution in [-0.2, 0) is 4.84 Å². The molecule has 0 radical (unpaired) electrons. The number of Topliss-reactive ketones (excluding diaryl/α,β-unsaturated/α-hetero) is 1. The van der Waals surface area contributed by atoms with E-state index in [2.05, 4.69) is 0 Å². The number of fused-ring (bicyclic) bond motifs is 1. The van der Waals surface area contributed by atoms with Gasteiger partial charge in [-0.3, -0.25) is 14.4 Å². The Hall–Kier alpha value is -3.97. The summed E-state index contributed by atoms with van der Waals surface area (Å²) < 4.78 is 5.16. The van der Waals surface area contributed by atoms with Crippen LogP contribution in [0.1, 0.15) is 36.6 Å². The minimum atomic E-state index is -1.10. The van der Waals surface area contributed by atoms with Crippen molar-refractivity contribution >= 4 is 23.3 Å². The van der Waals surface area contributed by atoms with Crippen LogP contribution in [0.15, 0.2) is 72.8 Å². The summed E-state index contributed by atoms with van der Waals surface area (Å²) in [5.74, 6) is -0.906. The van der Waals surface area contributed by atoms with Gasteiger partial charge >= 0.3 is 0 Å². The zero-order valence-corrected chi connectivity index (χ0v) is 18.6. The van der Waals surface area contributed by atoms with E-state index in [9.17, 15) is 14.4 Å². The monoisotopic (exact) mass is 444 g/mol. The van der Waals surface area contributed by atoms with Crippen LogP contribution < -0.4 is 9.64 Å². The minimum Gasteiger partial charge on any atom is -0.497 e. The molecule has 0 fully saturated rings. The van der Waals surface area contributed by atoms with Gasteiger partial charge in [-0.2, -0.15) is 0 Å². The van der Waals surface area contributed by atoms with E-state index in [0.29, 0.717) is 16.4 Å². The Balaban J connectivity index is 1.62. The Morgan fingerprint density at radius 1 is 0.909 bits per heavy atom. The maximum atomic E-state index is 13.4. The quantitative estimate of drug-likeness (QED) is 0.387. The Morgan fingerprint density at radius 2 is 1.48 bits per heavy atom. The van der Waals surface area contributed by atoms with Gasteiger partial charge in [0.05, 0.1) is 24.8 Å². The Kier molecular flexibility index (Phi) is 6.24. The number of imide groups is 1. The van der Waals surface area contributed by atoms with Crippen molar-refractivity contribution in [3.8, 4) is 5.75 Å². The molecule has 0 saturated carbocycles. The molecule has 0 N–H and O–H groups in total. The van der Waals surface area contributed by atoms with Crippen molar-refractivity contribution in [2.75, 3.05) is 25.6 Å². The summed E-state index contributed by atoms with van der Waals surface area (Å²) in [4.78, 5) is 46.7. The molecule has 4 rings (SSSR count). The average molecular weight is 444 g/mol. The van der Waals surface area contributed by atoms with Crippen LogP contribution in [0.25, 0.3) is 0 Å². The summed E-state index contributed by atoms with van der Waals surface area (Å²) in [5, 5.41) is 0.694. The lowest BCUT2D eigenvalue weighted by atomic mass is 10.1. The second-order valence-electron chi connectivity index (χ2n) is 7.85. The predicted octanol–water partition coefficient (Wildman–Crippen LogP) is 3.92. The van der Waals surface area contributed by atoms with E-state index in [0.717, 1.165) is 11.3 Å². The smallest absolute Gasteiger partial charge is 0.285 e. The molecule has 0 spiro atoms. The average Bonchev–Trinajstić information content (AvgIpc) is 3.08. The van der Waals surface area contributed by atoms with Crippen molar-refractivity contribution in [1.82, 2.24) is 5.06 Å². The third-order valence-electron chi connectivity index (χ3n) is 5.57. The lowest BCUT2D eigenvalue weighted by Gasteiger charge is -2.27.